The maximum absolute atomic E-state index is 11.7. The molecule has 5 nitrogen and oxygen atoms in total. The summed E-state index contributed by atoms with van der Waals surface area (Å²) in [5, 5.41) is 11.5. The summed E-state index contributed by atoms with van der Waals surface area (Å²) in [5.41, 5.74) is 0. The molecule has 0 fully saturated rings. The number of ether oxygens (including phenoxy) is 1. The van der Waals surface area contributed by atoms with Crippen LogP contribution in [-0.2, 0) is 14.3 Å². The van der Waals surface area contributed by atoms with Gasteiger partial charge in [0.25, 0.3) is 0 Å². The van der Waals surface area contributed by atoms with E-state index in [1.165, 1.54) is 0 Å². The Kier molecular flexibility index (Phi) is 9.28. The van der Waals surface area contributed by atoms with E-state index in [1.54, 1.807) is 6.92 Å². The number of aliphatic carboxylic acids is 1. The highest BCUT2D eigenvalue weighted by Gasteiger charge is 2.22. The van der Waals surface area contributed by atoms with Gasteiger partial charge in [-0.15, -0.1) is 0 Å². The third kappa shape index (κ3) is 7.27. The number of nitrogens with one attached hydrogen (secondary N) is 1. The van der Waals surface area contributed by atoms with Crippen LogP contribution in [0.5, 0.6) is 0 Å². The molecule has 0 saturated heterocycles. The second-order valence-corrected chi connectivity index (χ2v) is 4.41. The van der Waals surface area contributed by atoms with Crippen LogP contribution in [0.25, 0.3) is 0 Å². The molecule has 0 aliphatic heterocycles. The zero-order valence-corrected chi connectivity index (χ0v) is 11.6. The first-order valence-corrected chi connectivity index (χ1v) is 6.67. The van der Waals surface area contributed by atoms with E-state index in [9.17, 15) is 9.59 Å². The van der Waals surface area contributed by atoms with Crippen molar-refractivity contribution < 1.29 is 19.4 Å². The van der Waals surface area contributed by atoms with Crippen LogP contribution in [0.2, 0.25) is 0 Å². The van der Waals surface area contributed by atoms with Crippen molar-refractivity contribution in [2.24, 2.45) is 0 Å². The van der Waals surface area contributed by atoms with E-state index in [-0.39, 0.29) is 5.91 Å². The normalized spacial score (nSPS) is 13.9. The van der Waals surface area contributed by atoms with Crippen LogP contribution in [0.4, 0.5) is 0 Å². The average molecular weight is 259 g/mol. The zero-order valence-electron chi connectivity index (χ0n) is 11.6. The molecule has 0 aliphatic rings. The molecule has 18 heavy (non-hydrogen) atoms. The number of rotatable bonds is 10. The predicted molar refractivity (Wildman–Crippen MR) is 69.4 cm³/mol. The van der Waals surface area contributed by atoms with Crippen LogP contribution in [0.15, 0.2) is 0 Å². The minimum Gasteiger partial charge on any atom is -0.480 e. The summed E-state index contributed by atoms with van der Waals surface area (Å²) < 4.78 is 5.32. The van der Waals surface area contributed by atoms with E-state index in [0.717, 1.165) is 25.7 Å². The number of carbonyl (C=O) groups is 2. The third-order valence-corrected chi connectivity index (χ3v) is 2.70. The van der Waals surface area contributed by atoms with Crippen LogP contribution >= 0.6 is 0 Å². The van der Waals surface area contributed by atoms with Gasteiger partial charge in [0.05, 0.1) is 0 Å². The standard InChI is InChI=1S/C13H25NO4/c1-4-6-8-11(13(16)17)14-12(15)10(3)18-9-7-5-2/h10-11H,4-9H2,1-3H3,(H,14,15)(H,16,17)/t10?,11-/m0/s1. The fourth-order valence-electron chi connectivity index (χ4n) is 1.43. The maximum Gasteiger partial charge on any atom is 0.326 e. The van der Waals surface area contributed by atoms with E-state index < -0.39 is 18.1 Å². The van der Waals surface area contributed by atoms with Crippen LogP contribution in [0, 0.1) is 0 Å². The average Bonchev–Trinajstić information content (AvgIpc) is 2.33. The lowest BCUT2D eigenvalue weighted by atomic mass is 10.1. The Bertz CT molecular complexity index is 255. The summed E-state index contributed by atoms with van der Waals surface area (Å²) >= 11 is 0. The number of hydrogen-bond donors (Lipinski definition) is 2. The van der Waals surface area contributed by atoms with Crippen LogP contribution < -0.4 is 5.32 Å². The topological polar surface area (TPSA) is 75.6 Å². The van der Waals surface area contributed by atoms with Crippen molar-refractivity contribution in [3.05, 3.63) is 0 Å². The molecule has 106 valence electrons. The van der Waals surface area contributed by atoms with Crippen molar-refractivity contribution in [3.63, 3.8) is 0 Å². The molecule has 0 bridgehead atoms. The van der Waals surface area contributed by atoms with Gasteiger partial charge in [0.1, 0.15) is 12.1 Å². The molecule has 0 aromatic heterocycles. The van der Waals surface area contributed by atoms with Gasteiger partial charge in [0.2, 0.25) is 5.91 Å². The van der Waals surface area contributed by atoms with Gasteiger partial charge in [-0.3, -0.25) is 4.79 Å². The molecule has 0 saturated carbocycles. The number of hydrogen-bond acceptors (Lipinski definition) is 3. The van der Waals surface area contributed by atoms with Crippen molar-refractivity contribution in [3.8, 4) is 0 Å². The fourth-order valence-corrected chi connectivity index (χ4v) is 1.43. The second kappa shape index (κ2) is 9.88. The van der Waals surface area contributed by atoms with E-state index in [0.29, 0.717) is 13.0 Å². The number of carboxylic acid groups (broad SMARTS) is 1. The fraction of sp³-hybridized carbons (Fsp3) is 0.846. The maximum atomic E-state index is 11.7. The largest absolute Gasteiger partial charge is 0.480 e. The molecule has 0 heterocycles. The predicted octanol–water partition coefficient (Wildman–Crippen LogP) is 1.95. The number of amides is 1. The Balaban J connectivity index is 4.10. The molecule has 1 unspecified atom stereocenters. The van der Waals surface area contributed by atoms with Gasteiger partial charge >= 0.3 is 5.97 Å². The first-order valence-electron chi connectivity index (χ1n) is 6.67. The molecule has 0 aromatic carbocycles. The number of carbonyl (C=O) groups excluding carboxylic acids is 1. The van der Waals surface area contributed by atoms with E-state index in [1.807, 2.05) is 13.8 Å². The summed E-state index contributed by atoms with van der Waals surface area (Å²) in [6, 6.07) is -0.810. The highest BCUT2D eigenvalue weighted by molar-refractivity contribution is 5.86. The van der Waals surface area contributed by atoms with Gasteiger partial charge in [-0.25, -0.2) is 4.79 Å². The molecule has 1 amide bonds. The minimum absolute atomic E-state index is 0.352. The van der Waals surface area contributed by atoms with Crippen molar-refractivity contribution in [2.45, 2.75) is 65.0 Å². The van der Waals surface area contributed by atoms with Gasteiger partial charge in [-0.05, 0) is 19.8 Å². The number of unbranched alkanes of at least 4 members (excludes halogenated alkanes) is 2. The molecule has 0 aliphatic carbocycles. The lowest BCUT2D eigenvalue weighted by Gasteiger charge is -2.18. The Morgan fingerprint density at radius 2 is 1.83 bits per heavy atom. The van der Waals surface area contributed by atoms with Crippen LogP contribution in [0.3, 0.4) is 0 Å². The van der Waals surface area contributed by atoms with Crippen molar-refractivity contribution in [1.82, 2.24) is 5.32 Å². The minimum atomic E-state index is -0.988. The zero-order chi connectivity index (χ0) is 14.0. The van der Waals surface area contributed by atoms with E-state index in [2.05, 4.69) is 5.32 Å². The lowest BCUT2D eigenvalue weighted by molar-refractivity contribution is -0.144. The van der Waals surface area contributed by atoms with Crippen LogP contribution in [-0.4, -0.2) is 35.7 Å². The molecular formula is C13H25NO4. The first-order chi connectivity index (χ1) is 8.52. The summed E-state index contributed by atoms with van der Waals surface area (Å²) in [6.45, 7) is 6.19. The van der Waals surface area contributed by atoms with E-state index in [4.69, 9.17) is 9.84 Å². The smallest absolute Gasteiger partial charge is 0.326 e. The first kappa shape index (κ1) is 16.9. The Morgan fingerprint density at radius 3 is 2.33 bits per heavy atom. The summed E-state index contributed by atoms with van der Waals surface area (Å²) in [4.78, 5) is 22.7. The quantitative estimate of drug-likeness (QED) is 0.588. The summed E-state index contributed by atoms with van der Waals surface area (Å²) in [5.74, 6) is -1.34. The SMILES string of the molecule is CCCCOC(C)C(=O)N[C@@H](CCCC)C(=O)O. The van der Waals surface area contributed by atoms with Crippen LogP contribution in [0.1, 0.15) is 52.9 Å². The monoisotopic (exact) mass is 259 g/mol. The van der Waals surface area contributed by atoms with Gasteiger partial charge in [0, 0.05) is 6.61 Å². The van der Waals surface area contributed by atoms with E-state index >= 15 is 0 Å². The van der Waals surface area contributed by atoms with Gasteiger partial charge in [0.15, 0.2) is 0 Å². The second-order valence-electron chi connectivity index (χ2n) is 4.41. The van der Waals surface area contributed by atoms with Gasteiger partial charge in [-0.2, -0.15) is 0 Å². The Hall–Kier alpha value is -1.10. The molecule has 0 radical (unpaired) electrons. The highest BCUT2D eigenvalue weighted by atomic mass is 16.5. The Morgan fingerprint density at radius 1 is 1.22 bits per heavy atom. The summed E-state index contributed by atoms with van der Waals surface area (Å²) in [7, 11) is 0. The molecule has 2 atom stereocenters. The lowest BCUT2D eigenvalue weighted by Crippen LogP contribution is -2.45. The molecule has 0 rings (SSSR count). The Labute approximate surface area is 109 Å². The van der Waals surface area contributed by atoms with Gasteiger partial charge < -0.3 is 15.2 Å². The summed E-state index contributed by atoms with van der Waals surface area (Å²) in [6.07, 6.45) is 3.45. The number of carboxylic acids is 1. The molecule has 2 N–H and O–H groups in total. The molecule has 5 heteroatoms. The van der Waals surface area contributed by atoms with Gasteiger partial charge in [-0.1, -0.05) is 33.1 Å². The van der Waals surface area contributed by atoms with Crippen molar-refractivity contribution in [2.75, 3.05) is 6.61 Å². The van der Waals surface area contributed by atoms with Crippen molar-refractivity contribution >= 4 is 11.9 Å². The molecule has 0 aromatic rings. The molecule has 0 spiro atoms. The molecular weight excluding hydrogens is 234 g/mol. The van der Waals surface area contributed by atoms with Crippen molar-refractivity contribution in [1.29, 1.82) is 0 Å². The third-order valence-electron chi connectivity index (χ3n) is 2.70. The highest BCUT2D eigenvalue weighted by Crippen LogP contribution is 2.03.